The predicted octanol–water partition coefficient (Wildman–Crippen LogP) is -0.0168. The number of likely N-dealkylation sites (N-methyl/N-ethyl adjacent to an activating group) is 1. The van der Waals surface area contributed by atoms with Crippen molar-refractivity contribution in [3.05, 3.63) is 17.8 Å². The summed E-state index contributed by atoms with van der Waals surface area (Å²) in [5.74, 6) is -1.01. The molecule has 0 aliphatic rings. The zero-order valence-corrected chi connectivity index (χ0v) is 10.8. The molecule has 0 amide bonds. The number of aromatic carboxylic acids is 1. The average molecular weight is 264 g/mol. The number of aromatic nitrogens is 3. The number of nitrogen functional groups attached to an aromatic ring is 1. The Hall–Kier alpha value is -2.35. The number of pyridine rings is 1. The first kappa shape index (κ1) is 13.1. The zero-order valence-electron chi connectivity index (χ0n) is 10.8. The molecule has 0 spiro atoms. The summed E-state index contributed by atoms with van der Waals surface area (Å²) < 4.78 is 1.37. The third-order valence-corrected chi connectivity index (χ3v) is 2.57. The minimum Gasteiger partial charge on any atom is -0.478 e. The van der Waals surface area contributed by atoms with Gasteiger partial charge < -0.3 is 21.1 Å². The van der Waals surface area contributed by atoms with Crippen LogP contribution >= 0.6 is 0 Å². The molecule has 102 valence electrons. The van der Waals surface area contributed by atoms with E-state index < -0.39 is 5.97 Å². The summed E-state index contributed by atoms with van der Waals surface area (Å²) >= 11 is 0. The van der Waals surface area contributed by atoms with Crippen molar-refractivity contribution in [2.75, 3.05) is 38.2 Å². The van der Waals surface area contributed by atoms with Gasteiger partial charge in [-0.05, 0) is 20.2 Å². The Morgan fingerprint density at radius 2 is 2.32 bits per heavy atom. The molecule has 2 heterocycles. The van der Waals surface area contributed by atoms with Crippen molar-refractivity contribution in [3.8, 4) is 0 Å². The summed E-state index contributed by atoms with van der Waals surface area (Å²) in [6.07, 6.45) is 1.67. The lowest BCUT2D eigenvalue weighted by atomic mass is 10.2. The molecule has 0 saturated carbocycles. The van der Waals surface area contributed by atoms with E-state index in [0.717, 1.165) is 6.54 Å². The zero-order chi connectivity index (χ0) is 14.0. The first-order valence-corrected chi connectivity index (χ1v) is 5.75. The van der Waals surface area contributed by atoms with E-state index in [2.05, 4.69) is 15.4 Å². The van der Waals surface area contributed by atoms with Gasteiger partial charge in [0.05, 0.1) is 11.9 Å². The van der Waals surface area contributed by atoms with Gasteiger partial charge in [-0.25, -0.2) is 9.31 Å². The van der Waals surface area contributed by atoms with Crippen LogP contribution in [0.4, 0.5) is 11.6 Å². The summed E-state index contributed by atoms with van der Waals surface area (Å²) in [4.78, 5) is 17.1. The number of carboxylic acid groups (broad SMARTS) is 1. The molecule has 0 unspecified atom stereocenters. The normalized spacial score (nSPS) is 11.1. The first-order valence-electron chi connectivity index (χ1n) is 5.75. The van der Waals surface area contributed by atoms with E-state index in [1.165, 1.54) is 10.6 Å². The van der Waals surface area contributed by atoms with Gasteiger partial charge in [-0.1, -0.05) is 0 Å². The van der Waals surface area contributed by atoms with E-state index in [1.54, 1.807) is 6.20 Å². The van der Waals surface area contributed by atoms with Crippen molar-refractivity contribution in [2.45, 2.75) is 0 Å². The molecule has 0 aromatic carbocycles. The van der Waals surface area contributed by atoms with Crippen molar-refractivity contribution in [1.82, 2.24) is 19.5 Å². The highest BCUT2D eigenvalue weighted by Crippen LogP contribution is 2.16. The second kappa shape index (κ2) is 5.11. The van der Waals surface area contributed by atoms with Gasteiger partial charge in [0.25, 0.3) is 0 Å². The molecule has 0 fully saturated rings. The van der Waals surface area contributed by atoms with Crippen LogP contribution in [-0.2, 0) is 0 Å². The average Bonchev–Trinajstić information content (AvgIpc) is 2.67. The number of carboxylic acids is 1. The van der Waals surface area contributed by atoms with Crippen LogP contribution in [0.15, 0.2) is 12.3 Å². The molecular weight excluding hydrogens is 248 g/mol. The number of anilines is 2. The van der Waals surface area contributed by atoms with Gasteiger partial charge in [-0.2, -0.15) is 4.98 Å². The number of nitrogens with zero attached hydrogens (tertiary/aromatic N) is 4. The number of rotatable bonds is 5. The Balaban J connectivity index is 2.32. The minimum absolute atomic E-state index is 0.0490. The molecule has 4 N–H and O–H groups in total. The Morgan fingerprint density at radius 1 is 1.58 bits per heavy atom. The highest BCUT2D eigenvalue weighted by atomic mass is 16.4. The molecular formula is C11H16N6O2. The Labute approximate surface area is 109 Å². The fourth-order valence-electron chi connectivity index (χ4n) is 1.68. The lowest BCUT2D eigenvalue weighted by Gasteiger charge is -2.11. The fraction of sp³-hybridized carbons (Fsp3) is 0.364. The topological polar surface area (TPSA) is 109 Å². The van der Waals surface area contributed by atoms with Gasteiger partial charge in [0.1, 0.15) is 5.56 Å². The SMILES string of the molecule is CN(C)CCNc1cc(C(=O)O)c2nc(N)nn2c1. The molecule has 0 aliphatic carbocycles. The van der Waals surface area contributed by atoms with Crippen molar-refractivity contribution < 1.29 is 9.90 Å². The summed E-state index contributed by atoms with van der Waals surface area (Å²) in [6, 6.07) is 1.53. The predicted molar refractivity (Wildman–Crippen MR) is 71.4 cm³/mol. The Kier molecular flexibility index (Phi) is 3.52. The second-order valence-corrected chi connectivity index (χ2v) is 4.42. The van der Waals surface area contributed by atoms with Crippen molar-refractivity contribution in [1.29, 1.82) is 0 Å². The van der Waals surface area contributed by atoms with Crippen LogP contribution in [0.5, 0.6) is 0 Å². The molecule has 2 aromatic rings. The van der Waals surface area contributed by atoms with Crippen LogP contribution < -0.4 is 11.1 Å². The third-order valence-electron chi connectivity index (χ3n) is 2.57. The molecule has 2 aromatic heterocycles. The van der Waals surface area contributed by atoms with Crippen LogP contribution in [0.3, 0.4) is 0 Å². The van der Waals surface area contributed by atoms with Crippen molar-refractivity contribution in [3.63, 3.8) is 0 Å². The molecule has 0 radical (unpaired) electrons. The molecule has 19 heavy (non-hydrogen) atoms. The molecule has 0 saturated heterocycles. The largest absolute Gasteiger partial charge is 0.478 e. The van der Waals surface area contributed by atoms with Crippen LogP contribution in [0.1, 0.15) is 10.4 Å². The Bertz CT molecular complexity index is 606. The number of hydrogen-bond donors (Lipinski definition) is 3. The first-order chi connectivity index (χ1) is 8.97. The second-order valence-electron chi connectivity index (χ2n) is 4.42. The third kappa shape index (κ3) is 2.91. The molecule has 0 aliphatic heterocycles. The highest BCUT2D eigenvalue weighted by Gasteiger charge is 2.14. The fourth-order valence-corrected chi connectivity index (χ4v) is 1.68. The lowest BCUT2D eigenvalue weighted by molar-refractivity contribution is 0.0698. The molecule has 2 rings (SSSR count). The van der Waals surface area contributed by atoms with Crippen molar-refractivity contribution >= 4 is 23.3 Å². The van der Waals surface area contributed by atoms with Crippen LogP contribution in [0, 0.1) is 0 Å². The van der Waals surface area contributed by atoms with Gasteiger partial charge >= 0.3 is 5.97 Å². The van der Waals surface area contributed by atoms with Gasteiger partial charge in [-0.15, -0.1) is 5.10 Å². The number of nitrogens with two attached hydrogens (primary N) is 1. The van der Waals surface area contributed by atoms with E-state index in [4.69, 9.17) is 5.73 Å². The number of fused-ring (bicyclic) bond motifs is 1. The maximum atomic E-state index is 11.2. The number of nitrogens with one attached hydrogen (secondary N) is 1. The van der Waals surface area contributed by atoms with Crippen LogP contribution in [0.2, 0.25) is 0 Å². The molecule has 8 nitrogen and oxygen atoms in total. The van der Waals surface area contributed by atoms with Gasteiger partial charge in [0.15, 0.2) is 5.65 Å². The number of carbonyl (C=O) groups is 1. The summed E-state index contributed by atoms with van der Waals surface area (Å²) in [5, 5.41) is 16.2. The lowest BCUT2D eigenvalue weighted by Crippen LogP contribution is -2.21. The van der Waals surface area contributed by atoms with E-state index in [-0.39, 0.29) is 17.2 Å². The van der Waals surface area contributed by atoms with Gasteiger partial charge in [0.2, 0.25) is 5.95 Å². The summed E-state index contributed by atoms with van der Waals surface area (Å²) in [6.45, 7) is 1.53. The van der Waals surface area contributed by atoms with Crippen LogP contribution in [0.25, 0.3) is 5.65 Å². The molecule has 0 atom stereocenters. The molecule has 0 bridgehead atoms. The van der Waals surface area contributed by atoms with E-state index in [0.29, 0.717) is 12.2 Å². The van der Waals surface area contributed by atoms with E-state index in [9.17, 15) is 9.90 Å². The monoisotopic (exact) mass is 264 g/mol. The van der Waals surface area contributed by atoms with Gasteiger partial charge in [0, 0.05) is 13.1 Å². The highest BCUT2D eigenvalue weighted by molar-refractivity contribution is 5.95. The smallest absolute Gasteiger partial charge is 0.339 e. The summed E-state index contributed by atoms with van der Waals surface area (Å²) in [7, 11) is 3.93. The van der Waals surface area contributed by atoms with Crippen LogP contribution in [-0.4, -0.2) is 57.8 Å². The quantitative estimate of drug-likeness (QED) is 0.696. The molecule has 8 heteroatoms. The maximum absolute atomic E-state index is 11.2. The maximum Gasteiger partial charge on any atom is 0.339 e. The standard InChI is InChI=1S/C11H16N6O2/c1-16(2)4-3-13-7-5-8(10(18)19)9-14-11(12)15-17(9)6-7/h5-6,13H,3-4H2,1-2H3,(H2,12,15)(H,18,19). The van der Waals surface area contributed by atoms with E-state index in [1.807, 2.05) is 19.0 Å². The summed E-state index contributed by atoms with van der Waals surface area (Å²) in [5.41, 5.74) is 6.46. The van der Waals surface area contributed by atoms with Gasteiger partial charge in [-0.3, -0.25) is 0 Å². The number of hydrogen-bond acceptors (Lipinski definition) is 6. The van der Waals surface area contributed by atoms with E-state index >= 15 is 0 Å². The van der Waals surface area contributed by atoms with Crippen molar-refractivity contribution in [2.24, 2.45) is 0 Å². The Morgan fingerprint density at radius 3 is 2.95 bits per heavy atom. The minimum atomic E-state index is -1.06.